The lowest BCUT2D eigenvalue weighted by atomic mass is 9.94. The van der Waals surface area contributed by atoms with Crippen LogP contribution in [0.1, 0.15) is 18.5 Å². The zero-order valence-corrected chi connectivity index (χ0v) is 19.3. The Labute approximate surface area is 191 Å². The summed E-state index contributed by atoms with van der Waals surface area (Å²) < 4.78 is 26.8. The summed E-state index contributed by atoms with van der Waals surface area (Å²) in [6.45, 7) is 1.65. The number of hydrogen-bond donors (Lipinski definition) is 3. The molecule has 0 radical (unpaired) electrons. The number of nitrogens with one attached hydrogen (secondary N) is 3. The van der Waals surface area contributed by atoms with Crippen LogP contribution in [0.15, 0.2) is 41.6 Å². The normalized spacial score (nSPS) is 15.2. The Hall–Kier alpha value is -4.08. The van der Waals surface area contributed by atoms with Crippen molar-refractivity contribution in [3.8, 4) is 28.7 Å². The van der Waals surface area contributed by atoms with E-state index in [0.29, 0.717) is 51.3 Å². The van der Waals surface area contributed by atoms with Gasteiger partial charge in [0.05, 0.1) is 52.9 Å². The molecule has 2 aromatic carbocycles. The Kier molecular flexibility index (Phi) is 7.17. The highest BCUT2D eigenvalue weighted by Crippen LogP contribution is 2.41. The average molecular weight is 457 g/mol. The van der Waals surface area contributed by atoms with Gasteiger partial charge in [-0.25, -0.2) is 4.79 Å². The van der Waals surface area contributed by atoms with Crippen LogP contribution < -0.4 is 39.6 Å². The van der Waals surface area contributed by atoms with E-state index in [1.54, 1.807) is 37.3 Å². The van der Waals surface area contributed by atoms with Gasteiger partial charge in [-0.1, -0.05) is 0 Å². The van der Waals surface area contributed by atoms with Gasteiger partial charge in [-0.3, -0.25) is 4.79 Å². The minimum Gasteiger partial charge on any atom is -0.497 e. The Morgan fingerprint density at radius 1 is 0.879 bits per heavy atom. The first kappa shape index (κ1) is 23.6. The lowest BCUT2D eigenvalue weighted by molar-refractivity contribution is -0.113. The second kappa shape index (κ2) is 10.0. The standard InChI is InChI=1S/C23H27N3O7/c1-12-19(22(27)25-15-11-14(29-2)7-8-16(15)30-3)20(26-23(28)24-12)13-9-17(31-4)21(33-6)18(10-13)32-5/h7-11,20H,1-6H3,(H,25,27)(H2,24,26,28)/t20-/m1/s1. The SMILES string of the molecule is COc1ccc(OC)c(NC(=O)C2=C(C)NC(=O)N[C@@H]2c2cc(OC)c(OC)c(OC)c2)c1. The molecular formula is C23H27N3O7. The molecule has 1 heterocycles. The first-order chi connectivity index (χ1) is 15.9. The molecular weight excluding hydrogens is 430 g/mol. The Morgan fingerprint density at radius 3 is 2.06 bits per heavy atom. The molecule has 33 heavy (non-hydrogen) atoms. The van der Waals surface area contributed by atoms with Gasteiger partial charge < -0.3 is 39.6 Å². The van der Waals surface area contributed by atoms with Crippen LogP contribution in [0.2, 0.25) is 0 Å². The number of ether oxygens (including phenoxy) is 5. The minimum atomic E-state index is -0.788. The largest absolute Gasteiger partial charge is 0.497 e. The molecule has 3 rings (SSSR count). The molecule has 0 saturated heterocycles. The second-order valence-electron chi connectivity index (χ2n) is 7.05. The van der Waals surface area contributed by atoms with E-state index in [9.17, 15) is 9.59 Å². The molecule has 3 amide bonds. The van der Waals surface area contributed by atoms with Crippen LogP contribution in [0.5, 0.6) is 28.7 Å². The van der Waals surface area contributed by atoms with Crippen LogP contribution in [0.4, 0.5) is 10.5 Å². The zero-order chi connectivity index (χ0) is 24.1. The summed E-state index contributed by atoms with van der Waals surface area (Å²) in [6.07, 6.45) is 0. The molecule has 0 aromatic heterocycles. The lowest BCUT2D eigenvalue weighted by Gasteiger charge is -2.29. The van der Waals surface area contributed by atoms with E-state index in [1.165, 1.54) is 35.5 Å². The number of carbonyl (C=O) groups excluding carboxylic acids is 2. The monoisotopic (exact) mass is 457 g/mol. The number of anilines is 1. The van der Waals surface area contributed by atoms with Crippen molar-refractivity contribution in [2.75, 3.05) is 40.9 Å². The predicted molar refractivity (Wildman–Crippen MR) is 121 cm³/mol. The van der Waals surface area contributed by atoms with Gasteiger partial charge in [-0.05, 0) is 36.8 Å². The summed E-state index contributed by atoms with van der Waals surface area (Å²) in [6, 6.07) is 7.20. The number of rotatable bonds is 8. The van der Waals surface area contributed by atoms with Gasteiger partial charge >= 0.3 is 6.03 Å². The molecule has 10 heteroatoms. The quantitative estimate of drug-likeness (QED) is 0.558. The third-order valence-corrected chi connectivity index (χ3v) is 5.19. The maximum absolute atomic E-state index is 13.4. The fourth-order valence-corrected chi connectivity index (χ4v) is 3.61. The highest BCUT2D eigenvalue weighted by atomic mass is 16.5. The van der Waals surface area contributed by atoms with Crippen LogP contribution in [-0.4, -0.2) is 47.5 Å². The summed E-state index contributed by atoms with van der Waals surface area (Å²) in [7, 11) is 7.51. The molecule has 0 spiro atoms. The molecule has 10 nitrogen and oxygen atoms in total. The number of carbonyl (C=O) groups is 2. The molecule has 0 saturated carbocycles. The molecule has 1 atom stereocenters. The van der Waals surface area contributed by atoms with Gasteiger partial charge in [0.25, 0.3) is 5.91 Å². The molecule has 0 unspecified atom stereocenters. The fraction of sp³-hybridized carbons (Fsp3) is 0.304. The second-order valence-corrected chi connectivity index (χ2v) is 7.05. The van der Waals surface area contributed by atoms with Gasteiger partial charge in [-0.2, -0.15) is 0 Å². The maximum atomic E-state index is 13.4. The van der Waals surface area contributed by atoms with E-state index in [1.807, 2.05) is 0 Å². The summed E-state index contributed by atoms with van der Waals surface area (Å²) >= 11 is 0. The van der Waals surface area contributed by atoms with Crippen LogP contribution in [0, 0.1) is 0 Å². The molecule has 176 valence electrons. The van der Waals surface area contributed by atoms with Crippen molar-refractivity contribution in [1.29, 1.82) is 0 Å². The van der Waals surface area contributed by atoms with Crippen molar-refractivity contribution in [3.63, 3.8) is 0 Å². The molecule has 3 N–H and O–H groups in total. The molecule has 1 aliphatic rings. The van der Waals surface area contributed by atoms with Gasteiger partial charge in [0.15, 0.2) is 11.5 Å². The number of benzene rings is 2. The zero-order valence-electron chi connectivity index (χ0n) is 19.3. The highest BCUT2D eigenvalue weighted by Gasteiger charge is 2.33. The number of methoxy groups -OCH3 is 5. The summed E-state index contributed by atoms with van der Waals surface area (Å²) in [5, 5.41) is 8.30. The average Bonchev–Trinajstić information content (AvgIpc) is 2.82. The first-order valence-corrected chi connectivity index (χ1v) is 9.98. The maximum Gasteiger partial charge on any atom is 0.319 e. The van der Waals surface area contributed by atoms with E-state index >= 15 is 0 Å². The highest BCUT2D eigenvalue weighted by molar-refractivity contribution is 6.07. The third-order valence-electron chi connectivity index (χ3n) is 5.19. The van der Waals surface area contributed by atoms with Crippen LogP contribution in [0.25, 0.3) is 0 Å². The summed E-state index contributed by atoms with van der Waals surface area (Å²) in [5.74, 6) is 1.76. The van der Waals surface area contributed by atoms with Crippen molar-refractivity contribution in [1.82, 2.24) is 10.6 Å². The molecule has 1 aliphatic heterocycles. The van der Waals surface area contributed by atoms with E-state index < -0.39 is 18.0 Å². The Morgan fingerprint density at radius 2 is 1.52 bits per heavy atom. The lowest BCUT2D eigenvalue weighted by Crippen LogP contribution is -2.46. The van der Waals surface area contributed by atoms with Crippen molar-refractivity contribution < 1.29 is 33.3 Å². The van der Waals surface area contributed by atoms with E-state index in [2.05, 4.69) is 16.0 Å². The van der Waals surface area contributed by atoms with Gasteiger partial charge in [0.2, 0.25) is 5.75 Å². The number of allylic oxidation sites excluding steroid dienone is 1. The van der Waals surface area contributed by atoms with Crippen molar-refractivity contribution in [2.45, 2.75) is 13.0 Å². The van der Waals surface area contributed by atoms with Crippen molar-refractivity contribution in [3.05, 3.63) is 47.2 Å². The molecule has 0 bridgehead atoms. The fourth-order valence-electron chi connectivity index (χ4n) is 3.61. The van der Waals surface area contributed by atoms with Crippen LogP contribution >= 0.6 is 0 Å². The third kappa shape index (κ3) is 4.74. The first-order valence-electron chi connectivity index (χ1n) is 9.98. The number of urea groups is 1. The smallest absolute Gasteiger partial charge is 0.319 e. The summed E-state index contributed by atoms with van der Waals surface area (Å²) in [4.78, 5) is 25.7. The van der Waals surface area contributed by atoms with Crippen LogP contribution in [-0.2, 0) is 4.79 Å². The molecule has 0 aliphatic carbocycles. The van der Waals surface area contributed by atoms with Gasteiger partial charge in [0, 0.05) is 11.8 Å². The van der Waals surface area contributed by atoms with Crippen LogP contribution in [0.3, 0.4) is 0 Å². The van der Waals surface area contributed by atoms with E-state index in [0.717, 1.165) is 0 Å². The minimum absolute atomic E-state index is 0.300. The number of amides is 3. The molecule has 0 fully saturated rings. The van der Waals surface area contributed by atoms with E-state index in [-0.39, 0.29) is 0 Å². The number of hydrogen-bond acceptors (Lipinski definition) is 7. The molecule has 2 aromatic rings. The summed E-state index contributed by atoms with van der Waals surface area (Å²) in [5.41, 5.74) is 1.69. The predicted octanol–water partition coefficient (Wildman–Crippen LogP) is 3.00. The van der Waals surface area contributed by atoms with Crippen molar-refractivity contribution in [2.24, 2.45) is 0 Å². The Balaban J connectivity index is 2.06. The topological polar surface area (TPSA) is 116 Å². The van der Waals surface area contributed by atoms with Gasteiger partial charge in [0.1, 0.15) is 11.5 Å². The Bertz CT molecular complexity index is 1070. The van der Waals surface area contributed by atoms with Crippen molar-refractivity contribution >= 4 is 17.6 Å². The van der Waals surface area contributed by atoms with Gasteiger partial charge in [-0.15, -0.1) is 0 Å². The van der Waals surface area contributed by atoms with E-state index in [4.69, 9.17) is 23.7 Å².